The van der Waals surface area contributed by atoms with Crippen molar-refractivity contribution in [3.05, 3.63) is 41.9 Å². The van der Waals surface area contributed by atoms with E-state index in [2.05, 4.69) is 10.5 Å². The molecule has 0 radical (unpaired) electrons. The standard InChI is InChI=1S/C19H23FN2O4/c1-13(23)12-21-18(24)19(6-8-25-9-7-19)11-14-10-17(22-26-14)15-4-2-3-5-16(15)20/h2-5,10,13,23H,6-9,11-12H2,1H3,(H,21,24)/t13-/m0/s1. The van der Waals surface area contributed by atoms with Crippen LogP contribution in [0.3, 0.4) is 0 Å². The Labute approximate surface area is 151 Å². The Kier molecular flexibility index (Phi) is 5.68. The van der Waals surface area contributed by atoms with Gasteiger partial charge in [-0.05, 0) is 31.9 Å². The number of hydrogen-bond acceptors (Lipinski definition) is 5. The summed E-state index contributed by atoms with van der Waals surface area (Å²) in [5.41, 5.74) is 0.0888. The number of carbonyl (C=O) groups excluding carboxylic acids is 1. The van der Waals surface area contributed by atoms with E-state index in [1.54, 1.807) is 31.2 Å². The highest BCUT2D eigenvalue weighted by atomic mass is 19.1. The molecule has 2 aromatic rings. The number of ether oxygens (including phenoxy) is 1. The maximum atomic E-state index is 13.9. The average Bonchev–Trinajstić information content (AvgIpc) is 3.08. The second kappa shape index (κ2) is 7.97. The number of carbonyl (C=O) groups is 1. The first-order valence-corrected chi connectivity index (χ1v) is 8.75. The number of nitrogens with zero attached hydrogens (tertiary/aromatic N) is 1. The minimum atomic E-state index is -0.681. The fraction of sp³-hybridized carbons (Fsp3) is 0.474. The van der Waals surface area contributed by atoms with Gasteiger partial charge in [0.1, 0.15) is 17.3 Å². The molecule has 0 saturated carbocycles. The Hall–Kier alpha value is -2.25. The zero-order valence-corrected chi connectivity index (χ0v) is 14.7. The van der Waals surface area contributed by atoms with Crippen LogP contribution in [0.2, 0.25) is 0 Å². The summed E-state index contributed by atoms with van der Waals surface area (Å²) < 4.78 is 24.7. The van der Waals surface area contributed by atoms with Crippen molar-refractivity contribution in [2.75, 3.05) is 19.8 Å². The van der Waals surface area contributed by atoms with Gasteiger partial charge in [-0.3, -0.25) is 4.79 Å². The Balaban J connectivity index is 1.79. The predicted molar refractivity (Wildman–Crippen MR) is 92.8 cm³/mol. The molecule has 1 atom stereocenters. The van der Waals surface area contributed by atoms with Crippen molar-refractivity contribution in [2.24, 2.45) is 5.41 Å². The second-order valence-electron chi connectivity index (χ2n) is 6.79. The van der Waals surface area contributed by atoms with Gasteiger partial charge in [0, 0.05) is 37.8 Å². The lowest BCUT2D eigenvalue weighted by Crippen LogP contribution is -2.47. The summed E-state index contributed by atoms with van der Waals surface area (Å²) in [5.74, 6) is 0.0192. The van der Waals surface area contributed by atoms with Gasteiger partial charge in [0.2, 0.25) is 5.91 Å². The quantitative estimate of drug-likeness (QED) is 0.824. The highest BCUT2D eigenvalue weighted by Crippen LogP contribution is 2.36. The van der Waals surface area contributed by atoms with Crippen molar-refractivity contribution < 1.29 is 23.6 Å². The summed E-state index contributed by atoms with van der Waals surface area (Å²) in [6, 6.07) is 8.03. The first-order chi connectivity index (χ1) is 12.5. The molecule has 0 bridgehead atoms. The summed E-state index contributed by atoms with van der Waals surface area (Å²) in [5, 5.41) is 16.2. The van der Waals surface area contributed by atoms with Crippen LogP contribution in [0.4, 0.5) is 4.39 Å². The molecule has 140 valence electrons. The van der Waals surface area contributed by atoms with Crippen molar-refractivity contribution in [1.29, 1.82) is 0 Å². The molecule has 26 heavy (non-hydrogen) atoms. The maximum Gasteiger partial charge on any atom is 0.226 e. The number of benzene rings is 1. The number of amides is 1. The second-order valence-corrected chi connectivity index (χ2v) is 6.79. The fourth-order valence-corrected chi connectivity index (χ4v) is 3.20. The Bertz CT molecular complexity index is 754. The van der Waals surface area contributed by atoms with Crippen LogP contribution in [0.1, 0.15) is 25.5 Å². The van der Waals surface area contributed by atoms with Crippen LogP contribution in [-0.2, 0) is 16.0 Å². The van der Waals surface area contributed by atoms with E-state index in [0.717, 1.165) is 0 Å². The zero-order valence-electron chi connectivity index (χ0n) is 14.7. The minimum absolute atomic E-state index is 0.134. The van der Waals surface area contributed by atoms with Gasteiger partial charge < -0.3 is 19.7 Å². The summed E-state index contributed by atoms with van der Waals surface area (Å²) in [7, 11) is 0. The molecule has 0 spiro atoms. The molecular formula is C19H23FN2O4. The van der Waals surface area contributed by atoms with Crippen LogP contribution >= 0.6 is 0 Å². The third-order valence-corrected chi connectivity index (χ3v) is 4.71. The number of hydrogen-bond donors (Lipinski definition) is 2. The third-order valence-electron chi connectivity index (χ3n) is 4.71. The molecule has 6 nitrogen and oxygen atoms in total. The van der Waals surface area contributed by atoms with E-state index in [4.69, 9.17) is 9.26 Å². The Morgan fingerprint density at radius 1 is 1.38 bits per heavy atom. The van der Waals surface area contributed by atoms with E-state index < -0.39 is 11.5 Å². The van der Waals surface area contributed by atoms with Crippen LogP contribution in [0.25, 0.3) is 11.3 Å². The van der Waals surface area contributed by atoms with Gasteiger partial charge in [-0.25, -0.2) is 4.39 Å². The van der Waals surface area contributed by atoms with Crippen LogP contribution in [0.15, 0.2) is 34.9 Å². The maximum absolute atomic E-state index is 13.9. The molecule has 2 heterocycles. The average molecular weight is 362 g/mol. The van der Waals surface area contributed by atoms with E-state index in [0.29, 0.717) is 49.5 Å². The smallest absolute Gasteiger partial charge is 0.226 e. The molecule has 1 aliphatic rings. The highest BCUT2D eigenvalue weighted by Gasteiger charge is 2.41. The number of aliphatic hydroxyl groups excluding tert-OH is 1. The van der Waals surface area contributed by atoms with Gasteiger partial charge >= 0.3 is 0 Å². The number of rotatable bonds is 6. The Morgan fingerprint density at radius 3 is 2.81 bits per heavy atom. The molecule has 1 saturated heterocycles. The van der Waals surface area contributed by atoms with Gasteiger partial charge in [0.15, 0.2) is 0 Å². The van der Waals surface area contributed by atoms with E-state index >= 15 is 0 Å². The fourth-order valence-electron chi connectivity index (χ4n) is 3.20. The van der Waals surface area contributed by atoms with E-state index in [-0.39, 0.29) is 18.3 Å². The molecule has 2 N–H and O–H groups in total. The lowest BCUT2D eigenvalue weighted by molar-refractivity contribution is -0.137. The first kappa shape index (κ1) is 18.5. The van der Waals surface area contributed by atoms with Gasteiger partial charge in [0.05, 0.1) is 11.5 Å². The van der Waals surface area contributed by atoms with Crippen molar-refractivity contribution in [3.8, 4) is 11.3 Å². The van der Waals surface area contributed by atoms with E-state index in [9.17, 15) is 14.3 Å². The van der Waals surface area contributed by atoms with Gasteiger partial charge in [0.25, 0.3) is 0 Å². The van der Waals surface area contributed by atoms with Crippen LogP contribution < -0.4 is 5.32 Å². The molecule has 0 unspecified atom stereocenters. The van der Waals surface area contributed by atoms with Gasteiger partial charge in [-0.15, -0.1) is 0 Å². The molecule has 1 aliphatic heterocycles. The van der Waals surface area contributed by atoms with Crippen LogP contribution in [0.5, 0.6) is 0 Å². The normalized spacial score (nSPS) is 17.7. The van der Waals surface area contributed by atoms with Crippen molar-refractivity contribution in [3.63, 3.8) is 0 Å². The van der Waals surface area contributed by atoms with Gasteiger partial charge in [-0.2, -0.15) is 0 Å². The molecule has 0 aliphatic carbocycles. The predicted octanol–water partition coefficient (Wildman–Crippen LogP) is 2.32. The minimum Gasteiger partial charge on any atom is -0.392 e. The first-order valence-electron chi connectivity index (χ1n) is 8.75. The number of aromatic nitrogens is 1. The summed E-state index contributed by atoms with van der Waals surface area (Å²) in [6.45, 7) is 2.78. The van der Waals surface area contributed by atoms with Crippen LogP contribution in [-0.4, -0.2) is 42.0 Å². The third kappa shape index (κ3) is 4.11. The molecule has 1 fully saturated rings. The lowest BCUT2D eigenvalue weighted by Gasteiger charge is -2.35. The van der Waals surface area contributed by atoms with Crippen molar-refractivity contribution >= 4 is 5.91 Å². The largest absolute Gasteiger partial charge is 0.392 e. The van der Waals surface area contributed by atoms with Crippen LogP contribution in [0, 0.1) is 11.2 Å². The highest BCUT2D eigenvalue weighted by molar-refractivity contribution is 5.83. The van der Waals surface area contributed by atoms with Crippen molar-refractivity contribution in [2.45, 2.75) is 32.3 Å². The van der Waals surface area contributed by atoms with E-state index in [1.807, 2.05) is 0 Å². The summed E-state index contributed by atoms with van der Waals surface area (Å²) >= 11 is 0. The monoisotopic (exact) mass is 362 g/mol. The summed E-state index contributed by atoms with van der Waals surface area (Å²) in [6.07, 6.45) is 0.834. The molecule has 1 aromatic heterocycles. The number of nitrogens with one attached hydrogen (secondary N) is 1. The SMILES string of the molecule is C[C@H](O)CNC(=O)C1(Cc2cc(-c3ccccc3F)no2)CCOCC1. The molecule has 1 amide bonds. The number of aliphatic hydroxyl groups is 1. The zero-order chi connectivity index (χ0) is 18.6. The molecular weight excluding hydrogens is 339 g/mol. The van der Waals surface area contributed by atoms with Crippen molar-refractivity contribution in [1.82, 2.24) is 10.5 Å². The molecule has 7 heteroatoms. The molecule has 1 aromatic carbocycles. The molecule has 3 rings (SSSR count). The van der Waals surface area contributed by atoms with Gasteiger partial charge in [-0.1, -0.05) is 17.3 Å². The van der Waals surface area contributed by atoms with E-state index in [1.165, 1.54) is 6.07 Å². The Morgan fingerprint density at radius 2 is 2.12 bits per heavy atom. The summed E-state index contributed by atoms with van der Waals surface area (Å²) in [4.78, 5) is 12.8. The lowest BCUT2D eigenvalue weighted by atomic mass is 9.75. The topological polar surface area (TPSA) is 84.6 Å². The number of halogens is 1.